The van der Waals surface area contributed by atoms with Crippen LogP contribution >= 0.6 is 0 Å². The SMILES string of the molecule is FC(F)c1nc2ccccc2n1-c1cc(N2CCOCC2)nc(NC2CCCN(C3CCOCC3)CC2)n1. The number of hydrogen-bond acceptors (Lipinski definition) is 8. The van der Waals surface area contributed by atoms with Crippen LogP contribution in [0.4, 0.5) is 20.5 Å². The van der Waals surface area contributed by atoms with Gasteiger partial charge in [-0.05, 0) is 50.8 Å². The zero-order chi connectivity index (χ0) is 25.9. The van der Waals surface area contributed by atoms with E-state index in [1.165, 1.54) is 4.57 Å². The second-order valence-corrected chi connectivity index (χ2v) is 10.3. The zero-order valence-electron chi connectivity index (χ0n) is 21.6. The van der Waals surface area contributed by atoms with Crippen molar-refractivity contribution in [2.75, 3.05) is 62.8 Å². The Bertz CT molecular complexity index is 1230. The summed E-state index contributed by atoms with van der Waals surface area (Å²) in [4.78, 5) is 18.6. The van der Waals surface area contributed by atoms with Crippen LogP contribution in [0.15, 0.2) is 30.3 Å². The van der Waals surface area contributed by atoms with Gasteiger partial charge in [-0.15, -0.1) is 0 Å². The molecular weight excluding hydrogens is 492 g/mol. The molecule has 0 bridgehead atoms. The number of morpholine rings is 1. The fraction of sp³-hybridized carbons (Fsp3) is 0.593. The molecule has 5 heterocycles. The molecule has 1 atom stereocenters. The number of ether oxygens (including phenoxy) is 2. The molecule has 1 aromatic carbocycles. The van der Waals surface area contributed by atoms with Gasteiger partial charge in [0.15, 0.2) is 5.82 Å². The van der Waals surface area contributed by atoms with Crippen LogP contribution in [0.2, 0.25) is 0 Å². The summed E-state index contributed by atoms with van der Waals surface area (Å²) in [5.74, 6) is 1.25. The molecule has 38 heavy (non-hydrogen) atoms. The second-order valence-electron chi connectivity index (χ2n) is 10.3. The number of anilines is 2. The van der Waals surface area contributed by atoms with E-state index in [2.05, 4.69) is 20.1 Å². The normalized spacial score (nSPS) is 22.2. The van der Waals surface area contributed by atoms with Crippen molar-refractivity contribution in [3.63, 3.8) is 0 Å². The number of likely N-dealkylation sites (tertiary alicyclic amines) is 1. The summed E-state index contributed by atoms with van der Waals surface area (Å²) in [6.07, 6.45) is 2.53. The van der Waals surface area contributed by atoms with Crippen molar-refractivity contribution in [1.82, 2.24) is 24.4 Å². The Kier molecular flexibility index (Phi) is 7.66. The maximum absolute atomic E-state index is 14.1. The molecular formula is C27H35F2N7O2. The third-order valence-electron chi connectivity index (χ3n) is 7.85. The van der Waals surface area contributed by atoms with Gasteiger partial charge in [-0.1, -0.05) is 12.1 Å². The number of imidazole rings is 1. The monoisotopic (exact) mass is 527 g/mol. The second kappa shape index (κ2) is 11.5. The van der Waals surface area contributed by atoms with Crippen LogP contribution in [0.1, 0.15) is 44.4 Å². The first-order chi connectivity index (χ1) is 18.7. The quantitative estimate of drug-likeness (QED) is 0.515. The lowest BCUT2D eigenvalue weighted by atomic mass is 10.1. The first-order valence-electron chi connectivity index (χ1n) is 13.7. The number of halogens is 2. The summed E-state index contributed by atoms with van der Waals surface area (Å²) in [6.45, 7) is 6.36. The van der Waals surface area contributed by atoms with Gasteiger partial charge in [0.1, 0.15) is 11.6 Å². The predicted molar refractivity (Wildman–Crippen MR) is 141 cm³/mol. The van der Waals surface area contributed by atoms with Gasteiger partial charge in [0.25, 0.3) is 6.43 Å². The zero-order valence-corrected chi connectivity index (χ0v) is 21.6. The molecule has 1 N–H and O–H groups in total. The largest absolute Gasteiger partial charge is 0.381 e. The van der Waals surface area contributed by atoms with Crippen molar-refractivity contribution >= 4 is 22.8 Å². The van der Waals surface area contributed by atoms with Crippen LogP contribution in [-0.2, 0) is 9.47 Å². The van der Waals surface area contributed by atoms with Gasteiger partial charge in [0.2, 0.25) is 5.95 Å². The molecule has 0 aliphatic carbocycles. The molecule has 3 saturated heterocycles. The molecule has 11 heteroatoms. The summed E-state index contributed by atoms with van der Waals surface area (Å²) < 4.78 is 40.8. The Morgan fingerprint density at radius 2 is 1.61 bits per heavy atom. The van der Waals surface area contributed by atoms with Crippen molar-refractivity contribution in [3.8, 4) is 5.82 Å². The topological polar surface area (TPSA) is 80.6 Å². The number of benzene rings is 1. The molecule has 0 saturated carbocycles. The highest BCUT2D eigenvalue weighted by Gasteiger charge is 2.27. The lowest BCUT2D eigenvalue weighted by Crippen LogP contribution is -2.40. The molecule has 0 radical (unpaired) electrons. The molecule has 3 aliphatic rings. The van der Waals surface area contributed by atoms with Crippen molar-refractivity contribution in [1.29, 1.82) is 0 Å². The van der Waals surface area contributed by atoms with Crippen molar-refractivity contribution in [2.24, 2.45) is 0 Å². The summed E-state index contributed by atoms with van der Waals surface area (Å²) >= 11 is 0. The van der Waals surface area contributed by atoms with E-state index in [0.717, 1.165) is 58.4 Å². The number of hydrogen-bond donors (Lipinski definition) is 1. The Morgan fingerprint density at radius 1 is 0.842 bits per heavy atom. The third kappa shape index (κ3) is 5.45. The van der Waals surface area contributed by atoms with Crippen LogP contribution in [0.3, 0.4) is 0 Å². The van der Waals surface area contributed by atoms with E-state index in [-0.39, 0.29) is 11.9 Å². The van der Waals surface area contributed by atoms with Crippen molar-refractivity contribution in [2.45, 2.75) is 50.6 Å². The fourth-order valence-electron chi connectivity index (χ4n) is 5.85. The van der Waals surface area contributed by atoms with Crippen LogP contribution in [-0.4, -0.2) is 89.1 Å². The summed E-state index contributed by atoms with van der Waals surface area (Å²) in [5, 5.41) is 3.57. The van der Waals surface area contributed by atoms with E-state index in [9.17, 15) is 8.78 Å². The lowest BCUT2D eigenvalue weighted by molar-refractivity contribution is 0.0352. The molecule has 2 aromatic heterocycles. The summed E-state index contributed by atoms with van der Waals surface area (Å²) in [5.41, 5.74) is 1.11. The number of alkyl halides is 2. The Labute approximate surface area is 221 Å². The van der Waals surface area contributed by atoms with Gasteiger partial charge in [0.05, 0.1) is 24.2 Å². The van der Waals surface area contributed by atoms with Gasteiger partial charge in [0, 0.05) is 51.0 Å². The highest BCUT2D eigenvalue weighted by atomic mass is 19.3. The van der Waals surface area contributed by atoms with Crippen molar-refractivity contribution < 1.29 is 18.3 Å². The van der Waals surface area contributed by atoms with E-state index in [4.69, 9.17) is 19.4 Å². The first kappa shape index (κ1) is 25.4. The van der Waals surface area contributed by atoms with E-state index in [1.54, 1.807) is 24.3 Å². The Balaban J connectivity index is 1.31. The molecule has 9 nitrogen and oxygen atoms in total. The highest BCUT2D eigenvalue weighted by Crippen LogP contribution is 2.30. The van der Waals surface area contributed by atoms with Crippen LogP contribution in [0.25, 0.3) is 16.9 Å². The molecule has 204 valence electrons. The van der Waals surface area contributed by atoms with Crippen LogP contribution in [0, 0.1) is 0 Å². The van der Waals surface area contributed by atoms with Crippen molar-refractivity contribution in [3.05, 3.63) is 36.2 Å². The average Bonchev–Trinajstić information content (AvgIpc) is 3.20. The Hall–Kier alpha value is -2.89. The highest BCUT2D eigenvalue weighted by molar-refractivity contribution is 5.78. The third-order valence-corrected chi connectivity index (χ3v) is 7.85. The van der Waals surface area contributed by atoms with Gasteiger partial charge in [-0.25, -0.2) is 13.8 Å². The molecule has 0 amide bonds. The average molecular weight is 528 g/mol. The minimum absolute atomic E-state index is 0.210. The minimum atomic E-state index is -2.74. The molecule has 3 aromatic rings. The number of nitrogens with one attached hydrogen (secondary N) is 1. The minimum Gasteiger partial charge on any atom is -0.381 e. The molecule has 6 rings (SSSR count). The summed E-state index contributed by atoms with van der Waals surface area (Å²) in [7, 11) is 0. The maximum Gasteiger partial charge on any atom is 0.296 e. The fourth-order valence-corrected chi connectivity index (χ4v) is 5.85. The molecule has 0 spiro atoms. The lowest BCUT2D eigenvalue weighted by Gasteiger charge is -2.33. The molecule has 1 unspecified atom stereocenters. The predicted octanol–water partition coefficient (Wildman–Crippen LogP) is 4.04. The van der Waals surface area contributed by atoms with E-state index >= 15 is 0 Å². The maximum atomic E-state index is 14.1. The molecule has 3 aliphatic heterocycles. The van der Waals surface area contributed by atoms with E-state index in [0.29, 0.717) is 61.0 Å². The first-order valence-corrected chi connectivity index (χ1v) is 13.7. The molecule has 3 fully saturated rings. The van der Waals surface area contributed by atoms with Crippen LogP contribution < -0.4 is 10.2 Å². The van der Waals surface area contributed by atoms with Crippen LogP contribution in [0.5, 0.6) is 0 Å². The number of nitrogens with zero attached hydrogens (tertiary/aromatic N) is 6. The number of aromatic nitrogens is 4. The number of para-hydroxylation sites is 2. The summed E-state index contributed by atoms with van der Waals surface area (Å²) in [6, 6.07) is 9.77. The van der Waals surface area contributed by atoms with Gasteiger partial charge < -0.3 is 24.6 Å². The smallest absolute Gasteiger partial charge is 0.296 e. The van der Waals surface area contributed by atoms with E-state index in [1.807, 2.05) is 6.07 Å². The van der Waals surface area contributed by atoms with Gasteiger partial charge >= 0.3 is 0 Å². The number of rotatable bonds is 6. The Morgan fingerprint density at radius 3 is 2.42 bits per heavy atom. The van der Waals surface area contributed by atoms with Gasteiger partial charge in [-0.3, -0.25) is 4.57 Å². The number of fused-ring (bicyclic) bond motifs is 1. The van der Waals surface area contributed by atoms with E-state index < -0.39 is 6.43 Å². The van der Waals surface area contributed by atoms with Gasteiger partial charge in [-0.2, -0.15) is 9.97 Å². The standard InChI is InChI=1S/C27H35F2N7O2/c28-25(29)26-31-21-5-1-2-6-22(21)36(26)24-18-23(35-12-16-38-17-13-35)32-27(33-24)30-19-4-3-10-34(11-7-19)20-8-14-37-15-9-20/h1-2,5-6,18-20,25H,3-4,7-17H2,(H,30,32,33).